The molecule has 0 saturated heterocycles. The first-order chi connectivity index (χ1) is 7.25. The number of hydrogen-bond donors (Lipinski definition) is 1. The maximum Gasteiger partial charge on any atom is 0.134 e. The van der Waals surface area contributed by atoms with E-state index in [-0.39, 0.29) is 0 Å². The molecule has 15 heavy (non-hydrogen) atoms. The summed E-state index contributed by atoms with van der Waals surface area (Å²) in [5.74, 6) is 1.48. The summed E-state index contributed by atoms with van der Waals surface area (Å²) >= 11 is 6.87. The number of aromatic nitrogens is 1. The Labute approximate surface area is 105 Å². The third-order valence-corrected chi connectivity index (χ3v) is 4.85. The van der Waals surface area contributed by atoms with Crippen LogP contribution >= 0.6 is 39.0 Å². The average molecular weight is 301 g/mol. The van der Waals surface area contributed by atoms with Gasteiger partial charge in [0.25, 0.3) is 0 Å². The molecule has 0 aliphatic rings. The van der Waals surface area contributed by atoms with E-state index in [4.69, 9.17) is 5.73 Å². The third-order valence-electron chi connectivity index (χ3n) is 1.76. The Kier molecular flexibility index (Phi) is 3.66. The van der Waals surface area contributed by atoms with Crippen LogP contribution in [-0.4, -0.2) is 4.98 Å². The van der Waals surface area contributed by atoms with Gasteiger partial charge < -0.3 is 5.73 Å². The minimum absolute atomic E-state index is 0.614. The van der Waals surface area contributed by atoms with Crippen molar-refractivity contribution >= 4 is 44.8 Å². The fraction of sp³-hybridized carbons (Fsp3) is 0.100. The van der Waals surface area contributed by atoms with Crippen LogP contribution in [0.25, 0.3) is 0 Å². The summed E-state index contributed by atoms with van der Waals surface area (Å²) in [5, 5.41) is 2.93. The van der Waals surface area contributed by atoms with Gasteiger partial charge in [-0.25, -0.2) is 4.98 Å². The van der Waals surface area contributed by atoms with E-state index < -0.39 is 0 Å². The molecule has 0 saturated carbocycles. The lowest BCUT2D eigenvalue weighted by Crippen LogP contribution is -1.85. The van der Waals surface area contributed by atoms with Crippen LogP contribution in [0.1, 0.15) is 5.01 Å². The highest BCUT2D eigenvalue weighted by Crippen LogP contribution is 2.30. The maximum atomic E-state index is 5.56. The van der Waals surface area contributed by atoms with E-state index in [2.05, 4.69) is 27.0 Å². The van der Waals surface area contributed by atoms with Crippen LogP contribution < -0.4 is 5.73 Å². The largest absolute Gasteiger partial charge is 0.383 e. The Morgan fingerprint density at radius 1 is 1.40 bits per heavy atom. The Bertz CT molecular complexity index is 456. The topological polar surface area (TPSA) is 38.9 Å². The molecule has 2 N–H and O–H groups in total. The second-order valence-electron chi connectivity index (χ2n) is 2.89. The molecule has 78 valence electrons. The van der Waals surface area contributed by atoms with Gasteiger partial charge in [0.15, 0.2) is 0 Å². The number of nitrogens with two attached hydrogens (primary N) is 1. The molecule has 2 rings (SSSR count). The van der Waals surface area contributed by atoms with Gasteiger partial charge in [0.2, 0.25) is 0 Å². The Morgan fingerprint density at radius 3 is 2.87 bits per heavy atom. The molecule has 0 spiro atoms. The summed E-state index contributed by atoms with van der Waals surface area (Å²) in [6.07, 6.45) is 0. The maximum absolute atomic E-state index is 5.56. The molecule has 5 heteroatoms. The van der Waals surface area contributed by atoms with Gasteiger partial charge in [-0.2, -0.15) is 0 Å². The third kappa shape index (κ3) is 2.96. The van der Waals surface area contributed by atoms with Gasteiger partial charge >= 0.3 is 0 Å². The number of hydrogen-bond acceptors (Lipinski definition) is 4. The van der Waals surface area contributed by atoms with Gasteiger partial charge in [-0.15, -0.1) is 23.1 Å². The van der Waals surface area contributed by atoms with E-state index >= 15 is 0 Å². The molecule has 0 amide bonds. The molecule has 0 radical (unpaired) electrons. The first-order valence-corrected chi connectivity index (χ1v) is 6.99. The van der Waals surface area contributed by atoms with Crippen LogP contribution in [0.15, 0.2) is 39.0 Å². The van der Waals surface area contributed by atoms with Gasteiger partial charge in [0.05, 0.1) is 5.75 Å². The summed E-state index contributed by atoms with van der Waals surface area (Å²) in [4.78, 5) is 5.44. The second-order valence-corrected chi connectivity index (χ2v) is 5.70. The second kappa shape index (κ2) is 5.01. The van der Waals surface area contributed by atoms with Crippen LogP contribution in [0.2, 0.25) is 0 Å². The zero-order valence-corrected chi connectivity index (χ0v) is 11.0. The molecule has 0 aliphatic carbocycles. The number of thioether (sulfide) groups is 1. The normalized spacial score (nSPS) is 10.5. The standard InChI is InChI=1S/C10H9BrN2S2/c11-7-3-1-2-4-8(7)14-6-10-13-9(12)5-15-10/h1-5H,6,12H2. The summed E-state index contributed by atoms with van der Waals surface area (Å²) < 4.78 is 1.12. The van der Waals surface area contributed by atoms with E-state index in [9.17, 15) is 0 Å². The van der Waals surface area contributed by atoms with E-state index in [1.807, 2.05) is 23.6 Å². The zero-order valence-electron chi connectivity index (χ0n) is 7.81. The van der Waals surface area contributed by atoms with Crippen molar-refractivity contribution in [2.75, 3.05) is 5.73 Å². The van der Waals surface area contributed by atoms with Crippen molar-refractivity contribution in [1.29, 1.82) is 0 Å². The highest BCUT2D eigenvalue weighted by molar-refractivity contribution is 9.10. The fourth-order valence-electron chi connectivity index (χ4n) is 1.09. The Morgan fingerprint density at radius 2 is 2.20 bits per heavy atom. The molecule has 2 nitrogen and oxygen atoms in total. The summed E-state index contributed by atoms with van der Waals surface area (Å²) in [6.45, 7) is 0. The Balaban J connectivity index is 2.02. The lowest BCUT2D eigenvalue weighted by atomic mass is 10.4. The molecule has 2 aromatic rings. The van der Waals surface area contributed by atoms with E-state index in [0.29, 0.717) is 5.82 Å². The average Bonchev–Trinajstić information content (AvgIpc) is 2.63. The first-order valence-electron chi connectivity index (χ1n) is 4.33. The molecule has 0 aliphatic heterocycles. The van der Waals surface area contributed by atoms with Gasteiger partial charge in [-0.05, 0) is 28.1 Å². The minimum Gasteiger partial charge on any atom is -0.383 e. The number of anilines is 1. The van der Waals surface area contributed by atoms with Gasteiger partial charge in [-0.1, -0.05) is 12.1 Å². The molecule has 0 bridgehead atoms. The number of halogens is 1. The molecular weight excluding hydrogens is 292 g/mol. The van der Waals surface area contributed by atoms with Crippen LogP contribution in [0.5, 0.6) is 0 Å². The van der Waals surface area contributed by atoms with Crippen molar-refractivity contribution in [3.05, 3.63) is 39.1 Å². The summed E-state index contributed by atoms with van der Waals surface area (Å²) in [7, 11) is 0. The highest BCUT2D eigenvalue weighted by Gasteiger charge is 2.02. The van der Waals surface area contributed by atoms with E-state index in [1.54, 1.807) is 23.1 Å². The van der Waals surface area contributed by atoms with Gasteiger partial charge in [0.1, 0.15) is 10.8 Å². The van der Waals surface area contributed by atoms with Crippen molar-refractivity contribution in [1.82, 2.24) is 4.98 Å². The molecule has 1 heterocycles. The molecule has 1 aromatic carbocycles. The van der Waals surface area contributed by atoms with E-state index in [0.717, 1.165) is 15.2 Å². The number of benzene rings is 1. The number of thiazole rings is 1. The predicted octanol–water partition coefficient (Wildman–Crippen LogP) is 3.78. The monoisotopic (exact) mass is 300 g/mol. The van der Waals surface area contributed by atoms with Crippen molar-refractivity contribution in [3.63, 3.8) is 0 Å². The van der Waals surface area contributed by atoms with Crippen molar-refractivity contribution in [2.45, 2.75) is 10.6 Å². The summed E-state index contributed by atoms with van der Waals surface area (Å²) in [6, 6.07) is 8.17. The van der Waals surface area contributed by atoms with E-state index in [1.165, 1.54) is 4.90 Å². The predicted molar refractivity (Wildman–Crippen MR) is 70.2 cm³/mol. The van der Waals surface area contributed by atoms with Gasteiger partial charge in [-0.3, -0.25) is 0 Å². The van der Waals surface area contributed by atoms with Crippen LogP contribution in [0.4, 0.5) is 5.82 Å². The smallest absolute Gasteiger partial charge is 0.134 e. The number of nitrogens with zero attached hydrogens (tertiary/aromatic N) is 1. The van der Waals surface area contributed by atoms with Crippen molar-refractivity contribution < 1.29 is 0 Å². The molecular formula is C10H9BrN2S2. The molecule has 0 fully saturated rings. The summed E-state index contributed by atoms with van der Waals surface area (Å²) in [5.41, 5.74) is 5.56. The minimum atomic E-state index is 0.614. The lowest BCUT2D eigenvalue weighted by Gasteiger charge is -2.01. The fourth-order valence-corrected chi connectivity index (χ4v) is 3.36. The zero-order chi connectivity index (χ0) is 10.7. The van der Waals surface area contributed by atoms with Crippen molar-refractivity contribution in [3.8, 4) is 0 Å². The molecule has 0 unspecified atom stereocenters. The van der Waals surface area contributed by atoms with Crippen LogP contribution in [0.3, 0.4) is 0 Å². The molecule has 1 aromatic heterocycles. The number of nitrogen functional groups attached to an aromatic ring is 1. The number of rotatable bonds is 3. The van der Waals surface area contributed by atoms with Gasteiger partial charge in [0, 0.05) is 14.7 Å². The molecule has 0 atom stereocenters. The highest BCUT2D eigenvalue weighted by atomic mass is 79.9. The lowest BCUT2D eigenvalue weighted by molar-refractivity contribution is 1.27. The quantitative estimate of drug-likeness (QED) is 0.877. The first kappa shape index (κ1) is 11.0. The van der Waals surface area contributed by atoms with Crippen LogP contribution in [0, 0.1) is 0 Å². The van der Waals surface area contributed by atoms with Crippen LogP contribution in [-0.2, 0) is 5.75 Å². The van der Waals surface area contributed by atoms with Crippen molar-refractivity contribution in [2.24, 2.45) is 0 Å². The Hall–Kier alpha value is -0.520. The SMILES string of the molecule is Nc1csc(CSc2ccccc2Br)n1.